The third-order valence-electron chi connectivity index (χ3n) is 9.02. The van der Waals surface area contributed by atoms with E-state index in [1.165, 1.54) is 27.5 Å². The summed E-state index contributed by atoms with van der Waals surface area (Å²) in [7, 11) is 0. The highest BCUT2D eigenvalue weighted by Crippen LogP contribution is 2.48. The molecule has 0 fully saturated rings. The maximum Gasteiger partial charge on any atom is 0.154 e. The van der Waals surface area contributed by atoms with Crippen LogP contribution in [0.1, 0.15) is 11.1 Å². The summed E-state index contributed by atoms with van der Waals surface area (Å²) in [5, 5.41) is 5.02. The van der Waals surface area contributed by atoms with Crippen molar-refractivity contribution in [2.24, 2.45) is 0 Å². The highest BCUT2D eigenvalue weighted by Gasteiger charge is 2.24. The van der Waals surface area contributed by atoms with E-state index >= 15 is 0 Å². The third kappa shape index (κ3) is 4.35. The number of fused-ring (bicyclic) bond motifs is 7. The topological polar surface area (TPSA) is 25.6 Å². The summed E-state index contributed by atoms with van der Waals surface area (Å²) in [5.41, 5.74) is 11.4. The number of aryl methyl sites for hydroxylation is 1. The van der Waals surface area contributed by atoms with E-state index < -0.39 is 0 Å². The number of benzene rings is 7. The second-order valence-corrected chi connectivity index (χ2v) is 12.4. The van der Waals surface area contributed by atoms with Crippen LogP contribution < -0.4 is 9.64 Å². The van der Waals surface area contributed by atoms with Gasteiger partial charge in [-0.2, -0.15) is 0 Å². The molecule has 46 heavy (non-hydrogen) atoms. The zero-order chi connectivity index (χ0) is 30.8. The molecule has 4 heteroatoms. The smallest absolute Gasteiger partial charge is 0.154 e. The van der Waals surface area contributed by atoms with Gasteiger partial charge in [-0.1, -0.05) is 96.0 Å². The van der Waals surface area contributed by atoms with Gasteiger partial charge in [-0.3, -0.25) is 0 Å². The van der Waals surface area contributed by atoms with E-state index in [0.717, 1.165) is 55.9 Å². The highest BCUT2D eigenvalue weighted by atomic mass is 35.5. The second-order valence-electron chi connectivity index (χ2n) is 12.0. The molecule has 9 rings (SSSR count). The van der Waals surface area contributed by atoms with Gasteiger partial charge in [0.05, 0.1) is 10.7 Å². The zero-order valence-corrected chi connectivity index (χ0v) is 25.9. The number of anilines is 3. The number of hydrogen-bond acceptors (Lipinski definition) is 3. The van der Waals surface area contributed by atoms with E-state index in [-0.39, 0.29) is 0 Å². The van der Waals surface area contributed by atoms with Crippen molar-refractivity contribution in [3.05, 3.63) is 156 Å². The predicted octanol–water partition coefficient (Wildman–Crippen LogP) is 12.4. The van der Waals surface area contributed by atoms with Crippen LogP contribution >= 0.6 is 11.6 Å². The van der Waals surface area contributed by atoms with Gasteiger partial charge in [-0.15, -0.1) is 0 Å². The van der Waals surface area contributed by atoms with Crippen LogP contribution in [-0.2, 0) is 6.61 Å². The van der Waals surface area contributed by atoms with Crippen molar-refractivity contribution in [3.63, 3.8) is 0 Å². The fourth-order valence-electron chi connectivity index (χ4n) is 6.83. The van der Waals surface area contributed by atoms with Crippen LogP contribution in [0, 0.1) is 6.92 Å². The Morgan fingerprint density at radius 3 is 2.26 bits per heavy atom. The Morgan fingerprint density at radius 1 is 0.609 bits per heavy atom. The monoisotopic (exact) mass is 613 g/mol. The van der Waals surface area contributed by atoms with Crippen LogP contribution in [0.15, 0.2) is 144 Å². The minimum absolute atomic E-state index is 0.548. The molecule has 3 nitrogen and oxygen atoms in total. The van der Waals surface area contributed by atoms with E-state index in [1.54, 1.807) is 0 Å². The Balaban J connectivity index is 1.31. The first-order valence-electron chi connectivity index (χ1n) is 15.5. The van der Waals surface area contributed by atoms with Gasteiger partial charge < -0.3 is 14.1 Å². The number of halogens is 1. The van der Waals surface area contributed by atoms with Crippen LogP contribution in [-0.4, -0.2) is 0 Å². The Hall–Kier alpha value is -5.51. The molecule has 0 N–H and O–H groups in total. The molecular weight excluding hydrogens is 586 g/mol. The first kappa shape index (κ1) is 26.9. The SMILES string of the molecule is Cc1ccc(N(c2ccc3c(c2)-c2cc4ccccc4cc2CO3)c2cc(Cl)c3oc4ccccc4c3c2)c(-c2ccccc2)c1. The van der Waals surface area contributed by atoms with Crippen molar-refractivity contribution in [3.8, 4) is 28.0 Å². The molecule has 1 aliphatic rings. The van der Waals surface area contributed by atoms with Crippen molar-refractivity contribution in [1.29, 1.82) is 0 Å². The van der Waals surface area contributed by atoms with Crippen LogP contribution in [0.5, 0.6) is 5.75 Å². The van der Waals surface area contributed by atoms with Gasteiger partial charge in [0.1, 0.15) is 17.9 Å². The summed E-state index contributed by atoms with van der Waals surface area (Å²) in [6.45, 7) is 2.69. The summed E-state index contributed by atoms with van der Waals surface area (Å²) in [5.74, 6) is 0.882. The van der Waals surface area contributed by atoms with E-state index in [4.69, 9.17) is 20.8 Å². The van der Waals surface area contributed by atoms with Crippen LogP contribution in [0.3, 0.4) is 0 Å². The molecule has 1 aromatic heterocycles. The molecule has 8 aromatic rings. The van der Waals surface area contributed by atoms with Crippen molar-refractivity contribution in [1.82, 2.24) is 0 Å². The van der Waals surface area contributed by atoms with Crippen molar-refractivity contribution < 1.29 is 9.15 Å². The molecule has 0 atom stereocenters. The Bertz CT molecular complexity index is 2460. The summed E-state index contributed by atoms with van der Waals surface area (Å²) >= 11 is 7.03. The average Bonchev–Trinajstić information content (AvgIpc) is 3.48. The van der Waals surface area contributed by atoms with Crippen LogP contribution in [0.2, 0.25) is 5.02 Å². The highest BCUT2D eigenvalue weighted by molar-refractivity contribution is 6.36. The molecule has 0 amide bonds. The van der Waals surface area contributed by atoms with E-state index in [1.807, 2.05) is 24.3 Å². The molecule has 0 aliphatic carbocycles. The first-order chi connectivity index (χ1) is 22.6. The first-order valence-corrected chi connectivity index (χ1v) is 15.8. The molecule has 0 radical (unpaired) electrons. The predicted molar refractivity (Wildman–Crippen MR) is 191 cm³/mol. The maximum atomic E-state index is 7.03. The molecule has 2 heterocycles. The van der Waals surface area contributed by atoms with Gasteiger partial charge in [0.2, 0.25) is 0 Å². The molecule has 7 aromatic carbocycles. The average molecular weight is 614 g/mol. The summed E-state index contributed by atoms with van der Waals surface area (Å²) in [4.78, 5) is 2.31. The summed E-state index contributed by atoms with van der Waals surface area (Å²) in [6, 6.07) is 49.0. The van der Waals surface area contributed by atoms with Gasteiger partial charge in [0.25, 0.3) is 0 Å². The lowest BCUT2D eigenvalue weighted by Crippen LogP contribution is -2.13. The molecule has 0 unspecified atom stereocenters. The van der Waals surface area contributed by atoms with Gasteiger partial charge in [-0.05, 0) is 95.1 Å². The fourth-order valence-corrected chi connectivity index (χ4v) is 7.08. The molecule has 220 valence electrons. The number of para-hydroxylation sites is 1. The normalized spacial score (nSPS) is 12.2. The lowest BCUT2D eigenvalue weighted by Gasteiger charge is -2.30. The van der Waals surface area contributed by atoms with Gasteiger partial charge in [0.15, 0.2) is 5.58 Å². The van der Waals surface area contributed by atoms with E-state index in [9.17, 15) is 0 Å². The van der Waals surface area contributed by atoms with E-state index in [0.29, 0.717) is 17.2 Å². The van der Waals surface area contributed by atoms with E-state index in [2.05, 4.69) is 127 Å². The Labute approximate surface area is 271 Å². The van der Waals surface area contributed by atoms with Crippen LogP contribution in [0.4, 0.5) is 17.1 Å². The minimum Gasteiger partial charge on any atom is -0.488 e. The summed E-state index contributed by atoms with van der Waals surface area (Å²) < 4.78 is 12.5. The zero-order valence-electron chi connectivity index (χ0n) is 25.1. The molecule has 0 saturated heterocycles. The minimum atomic E-state index is 0.548. The second kappa shape index (κ2) is 10.5. The number of rotatable bonds is 4. The number of hydrogen-bond donors (Lipinski definition) is 0. The number of furan rings is 1. The quantitative estimate of drug-likeness (QED) is 0.197. The fraction of sp³-hybridized carbons (Fsp3) is 0.0476. The molecule has 0 spiro atoms. The molecule has 1 aliphatic heterocycles. The summed E-state index contributed by atoms with van der Waals surface area (Å²) in [6.07, 6.45) is 0. The third-order valence-corrected chi connectivity index (χ3v) is 9.30. The Morgan fingerprint density at radius 2 is 1.39 bits per heavy atom. The van der Waals surface area contributed by atoms with Gasteiger partial charge in [-0.25, -0.2) is 0 Å². The Kier molecular flexibility index (Phi) is 6.16. The number of nitrogens with zero attached hydrogens (tertiary/aromatic N) is 1. The number of ether oxygens (including phenoxy) is 1. The van der Waals surface area contributed by atoms with Crippen molar-refractivity contribution in [2.75, 3.05) is 4.90 Å². The van der Waals surface area contributed by atoms with Gasteiger partial charge >= 0.3 is 0 Å². The van der Waals surface area contributed by atoms with Crippen molar-refractivity contribution >= 4 is 61.4 Å². The standard InChI is InChI=1S/C42H28ClNO2/c1-26-15-17-39(35(19-26)27-9-3-2-4-10-27)44(32-23-37-33-13-7-8-14-41(33)46-42(37)38(43)24-32)31-16-18-40-36(22-31)34-21-29-12-6-5-11-28(29)20-30(34)25-45-40/h2-24H,25H2,1H3. The lowest BCUT2D eigenvalue weighted by atomic mass is 9.93. The lowest BCUT2D eigenvalue weighted by molar-refractivity contribution is 0.302. The molecule has 0 saturated carbocycles. The maximum absolute atomic E-state index is 7.03. The largest absolute Gasteiger partial charge is 0.488 e. The van der Waals surface area contributed by atoms with Crippen molar-refractivity contribution in [2.45, 2.75) is 13.5 Å². The molecular formula is C42H28ClNO2. The van der Waals surface area contributed by atoms with Crippen LogP contribution in [0.25, 0.3) is 55.0 Å². The molecule has 0 bridgehead atoms. The van der Waals surface area contributed by atoms with Gasteiger partial charge in [0, 0.05) is 33.3 Å².